The lowest BCUT2D eigenvalue weighted by atomic mass is 10.1. The summed E-state index contributed by atoms with van der Waals surface area (Å²) in [6, 6.07) is 6.79. The van der Waals surface area contributed by atoms with Crippen molar-refractivity contribution in [3.63, 3.8) is 0 Å². The molecule has 0 unspecified atom stereocenters. The Morgan fingerprint density at radius 3 is 2.33 bits per heavy atom. The van der Waals surface area contributed by atoms with Gasteiger partial charge in [0.25, 0.3) is 0 Å². The van der Waals surface area contributed by atoms with Crippen LogP contribution in [-0.2, 0) is 28.3 Å². The fraction of sp³-hybridized carbons (Fsp3) is 0.444. The lowest BCUT2D eigenvalue weighted by Gasteiger charge is -2.34. The first kappa shape index (κ1) is 20.0. The molecule has 0 atom stereocenters. The van der Waals surface area contributed by atoms with Crippen molar-refractivity contribution in [3.05, 3.63) is 45.7 Å². The molecule has 1 aromatic carbocycles. The number of rotatable bonds is 4. The van der Waals surface area contributed by atoms with Crippen LogP contribution in [-0.4, -0.2) is 59.5 Å². The first-order valence-corrected chi connectivity index (χ1v) is 11.0. The van der Waals surface area contributed by atoms with Crippen molar-refractivity contribution in [2.24, 2.45) is 7.05 Å². The quantitative estimate of drug-likeness (QED) is 0.706. The van der Waals surface area contributed by atoms with Crippen molar-refractivity contribution >= 4 is 31.9 Å². The number of amides is 1. The summed E-state index contributed by atoms with van der Waals surface area (Å²) in [7, 11) is -1.71. The monoisotopic (exact) mass is 454 g/mol. The zero-order valence-corrected chi connectivity index (χ0v) is 18.0. The number of sulfonamides is 1. The van der Waals surface area contributed by atoms with Crippen molar-refractivity contribution in [3.8, 4) is 0 Å². The third kappa shape index (κ3) is 3.95. The highest BCUT2D eigenvalue weighted by Crippen LogP contribution is 2.25. The molecule has 0 bridgehead atoms. The van der Waals surface area contributed by atoms with Gasteiger partial charge in [-0.2, -0.15) is 9.40 Å². The van der Waals surface area contributed by atoms with Crippen molar-refractivity contribution in [2.75, 3.05) is 26.2 Å². The van der Waals surface area contributed by atoms with Crippen molar-refractivity contribution in [1.29, 1.82) is 0 Å². The van der Waals surface area contributed by atoms with Gasteiger partial charge in [0, 0.05) is 49.0 Å². The van der Waals surface area contributed by atoms with Crippen LogP contribution in [0.5, 0.6) is 0 Å². The molecule has 3 rings (SSSR count). The van der Waals surface area contributed by atoms with Crippen LogP contribution < -0.4 is 0 Å². The van der Waals surface area contributed by atoms with Gasteiger partial charge < -0.3 is 4.90 Å². The van der Waals surface area contributed by atoms with Gasteiger partial charge in [-0.3, -0.25) is 9.48 Å². The zero-order valence-electron chi connectivity index (χ0n) is 15.6. The van der Waals surface area contributed by atoms with E-state index in [0.717, 1.165) is 17.0 Å². The van der Waals surface area contributed by atoms with E-state index < -0.39 is 10.0 Å². The van der Waals surface area contributed by atoms with Crippen LogP contribution in [0.1, 0.15) is 17.0 Å². The van der Waals surface area contributed by atoms with E-state index in [1.54, 1.807) is 33.8 Å². The Labute approximate surface area is 168 Å². The summed E-state index contributed by atoms with van der Waals surface area (Å²) >= 11 is 3.31. The summed E-state index contributed by atoms with van der Waals surface area (Å²) in [5.41, 5.74) is 2.79. The number of hydrogen-bond donors (Lipinski definition) is 0. The van der Waals surface area contributed by atoms with E-state index in [0.29, 0.717) is 37.1 Å². The van der Waals surface area contributed by atoms with Crippen LogP contribution in [0.3, 0.4) is 0 Å². The maximum absolute atomic E-state index is 12.8. The van der Waals surface area contributed by atoms with E-state index in [-0.39, 0.29) is 10.8 Å². The smallest absolute Gasteiger partial charge is 0.244 e. The van der Waals surface area contributed by atoms with Gasteiger partial charge in [0.1, 0.15) is 0 Å². The fourth-order valence-electron chi connectivity index (χ4n) is 3.31. The number of carbonyl (C=O) groups is 1. The van der Waals surface area contributed by atoms with Crippen LogP contribution >= 0.6 is 15.9 Å². The van der Waals surface area contributed by atoms with Gasteiger partial charge in [0.05, 0.1) is 17.0 Å². The topological polar surface area (TPSA) is 75.5 Å². The molecular formula is C18H23BrN4O3S. The average molecular weight is 455 g/mol. The van der Waals surface area contributed by atoms with E-state index in [4.69, 9.17) is 0 Å². The molecule has 0 aliphatic carbocycles. The molecule has 1 amide bonds. The summed E-state index contributed by atoms with van der Waals surface area (Å²) in [5.74, 6) is 0.00661. The number of aromatic nitrogens is 2. The molecule has 0 saturated carbocycles. The summed E-state index contributed by atoms with van der Waals surface area (Å²) in [5, 5.41) is 4.35. The molecule has 1 aromatic heterocycles. The van der Waals surface area contributed by atoms with Gasteiger partial charge in [-0.15, -0.1) is 0 Å². The summed E-state index contributed by atoms with van der Waals surface area (Å²) in [6.45, 7) is 5.21. The van der Waals surface area contributed by atoms with Crippen LogP contribution in [0.2, 0.25) is 0 Å². The molecule has 1 aliphatic heterocycles. The van der Waals surface area contributed by atoms with Gasteiger partial charge in [-0.25, -0.2) is 8.42 Å². The molecule has 9 heteroatoms. The Bertz CT molecular complexity index is 963. The molecule has 146 valence electrons. The third-order valence-corrected chi connectivity index (χ3v) is 7.94. The Hall–Kier alpha value is -1.71. The maximum atomic E-state index is 12.8. The molecule has 1 fully saturated rings. The number of benzene rings is 1. The van der Waals surface area contributed by atoms with Gasteiger partial charge in [0.15, 0.2) is 0 Å². The number of piperazine rings is 1. The molecule has 7 nitrogen and oxygen atoms in total. The maximum Gasteiger partial charge on any atom is 0.244 e. The van der Waals surface area contributed by atoms with E-state index >= 15 is 0 Å². The van der Waals surface area contributed by atoms with E-state index in [2.05, 4.69) is 21.0 Å². The highest BCUT2D eigenvalue weighted by atomic mass is 79.9. The van der Waals surface area contributed by atoms with Crippen LogP contribution in [0.15, 0.2) is 33.6 Å². The van der Waals surface area contributed by atoms with Gasteiger partial charge >= 0.3 is 0 Å². The Morgan fingerprint density at radius 1 is 1.15 bits per heavy atom. The minimum absolute atomic E-state index is 0.00661. The molecule has 0 N–H and O–H groups in total. The SMILES string of the molecule is Cc1nn(C)c(C)c1CC(=O)N1CCN(S(=O)(=O)c2ccccc2Br)CC1. The number of nitrogens with zero attached hydrogens (tertiary/aromatic N) is 4. The molecule has 27 heavy (non-hydrogen) atoms. The molecule has 0 spiro atoms. The third-order valence-electron chi connectivity index (χ3n) is 5.03. The summed E-state index contributed by atoms with van der Waals surface area (Å²) in [6.07, 6.45) is 0.294. The Balaban J connectivity index is 1.66. The second-order valence-corrected chi connectivity index (χ2v) is 9.43. The van der Waals surface area contributed by atoms with Crippen LogP contribution in [0.4, 0.5) is 0 Å². The largest absolute Gasteiger partial charge is 0.340 e. The molecule has 2 aromatic rings. The number of hydrogen-bond acceptors (Lipinski definition) is 4. The minimum Gasteiger partial charge on any atom is -0.340 e. The summed E-state index contributed by atoms with van der Waals surface area (Å²) in [4.78, 5) is 14.7. The highest BCUT2D eigenvalue weighted by Gasteiger charge is 2.31. The first-order valence-electron chi connectivity index (χ1n) is 8.73. The Kier molecular flexibility index (Phi) is 5.73. The van der Waals surface area contributed by atoms with Gasteiger partial charge in [0.2, 0.25) is 15.9 Å². The Morgan fingerprint density at radius 2 is 1.78 bits per heavy atom. The molecule has 1 saturated heterocycles. The molecule has 2 heterocycles. The lowest BCUT2D eigenvalue weighted by molar-refractivity contribution is -0.131. The second kappa shape index (κ2) is 7.73. The highest BCUT2D eigenvalue weighted by molar-refractivity contribution is 9.10. The lowest BCUT2D eigenvalue weighted by Crippen LogP contribution is -2.50. The fourth-order valence-corrected chi connectivity index (χ4v) is 5.69. The van der Waals surface area contributed by atoms with Crippen LogP contribution in [0.25, 0.3) is 0 Å². The summed E-state index contributed by atoms with van der Waals surface area (Å²) < 4.78 is 29.5. The standard InChI is InChI=1S/C18H23BrN4O3S/c1-13-15(14(2)21(3)20-13)12-18(24)22-8-10-23(11-9-22)27(25,26)17-7-5-4-6-16(17)19/h4-7H,8-12H2,1-3H3. The van der Waals surface area contributed by atoms with Crippen molar-refractivity contribution in [2.45, 2.75) is 25.2 Å². The van der Waals surface area contributed by atoms with Crippen molar-refractivity contribution in [1.82, 2.24) is 19.0 Å². The van der Waals surface area contributed by atoms with E-state index in [1.807, 2.05) is 20.9 Å². The van der Waals surface area contributed by atoms with E-state index in [9.17, 15) is 13.2 Å². The van der Waals surface area contributed by atoms with Crippen molar-refractivity contribution < 1.29 is 13.2 Å². The number of aryl methyl sites for hydroxylation is 2. The zero-order chi connectivity index (χ0) is 19.8. The first-order chi connectivity index (χ1) is 12.7. The molecular weight excluding hydrogens is 432 g/mol. The predicted octanol–water partition coefficient (Wildman–Crippen LogP) is 1.88. The van der Waals surface area contributed by atoms with Crippen LogP contribution in [0, 0.1) is 13.8 Å². The normalized spacial score (nSPS) is 15.9. The molecule has 1 aliphatic rings. The number of halogens is 1. The van der Waals surface area contributed by atoms with Gasteiger partial charge in [-0.05, 0) is 41.9 Å². The second-order valence-electron chi connectivity index (χ2n) is 6.67. The minimum atomic E-state index is -3.58. The average Bonchev–Trinajstić information content (AvgIpc) is 2.88. The van der Waals surface area contributed by atoms with E-state index in [1.165, 1.54) is 4.31 Å². The molecule has 0 radical (unpaired) electrons. The van der Waals surface area contributed by atoms with Gasteiger partial charge in [-0.1, -0.05) is 12.1 Å². The predicted molar refractivity (Wildman–Crippen MR) is 106 cm³/mol. The number of carbonyl (C=O) groups excluding carboxylic acids is 1.